The maximum Gasteiger partial charge on any atom is 0.0585 e. The van der Waals surface area contributed by atoms with E-state index in [2.05, 4.69) is 13.8 Å². The van der Waals surface area contributed by atoms with Crippen LogP contribution in [0.25, 0.3) is 0 Å². The minimum atomic E-state index is -0.178. The van der Waals surface area contributed by atoms with Crippen LogP contribution in [-0.2, 0) is 0 Å². The Bertz CT molecular complexity index is 152. The van der Waals surface area contributed by atoms with Crippen LogP contribution in [0, 0.1) is 17.8 Å². The summed E-state index contributed by atoms with van der Waals surface area (Å²) in [6.45, 7) is 4.91. The zero-order valence-electron chi connectivity index (χ0n) is 9.58. The van der Waals surface area contributed by atoms with Gasteiger partial charge in [-0.2, -0.15) is 0 Å². The molecule has 0 aromatic heterocycles. The van der Waals surface area contributed by atoms with Gasteiger partial charge < -0.3 is 10.8 Å². The number of hydrogen-bond donors (Lipinski definition) is 2. The van der Waals surface area contributed by atoms with E-state index in [0.717, 1.165) is 12.3 Å². The van der Waals surface area contributed by atoms with Crippen molar-refractivity contribution in [1.29, 1.82) is 0 Å². The number of aliphatic hydroxyl groups excluding tert-OH is 1. The van der Waals surface area contributed by atoms with Gasteiger partial charge in [0.1, 0.15) is 0 Å². The minimum absolute atomic E-state index is 0.178. The molecule has 0 spiro atoms. The molecule has 84 valence electrons. The second kappa shape index (κ2) is 5.72. The van der Waals surface area contributed by atoms with Gasteiger partial charge in [0, 0.05) is 0 Å². The van der Waals surface area contributed by atoms with Gasteiger partial charge in [-0.25, -0.2) is 0 Å². The van der Waals surface area contributed by atoms with Gasteiger partial charge in [0.05, 0.1) is 6.10 Å². The summed E-state index contributed by atoms with van der Waals surface area (Å²) in [5, 5.41) is 10.1. The Kier molecular flexibility index (Phi) is 4.90. The molecule has 2 unspecified atom stereocenters. The molecule has 1 aliphatic rings. The average Bonchev–Trinajstić information content (AvgIpc) is 2.57. The molecular formula is C12H25NO. The standard InChI is InChI=1S/C12H25NO/c1-9(2)11(8-13)12(14)7-10-5-3-4-6-10/h9-12,14H,3-8,13H2,1-2H3. The lowest BCUT2D eigenvalue weighted by Crippen LogP contribution is -2.33. The third kappa shape index (κ3) is 3.25. The van der Waals surface area contributed by atoms with Gasteiger partial charge in [0.15, 0.2) is 0 Å². The molecule has 1 saturated carbocycles. The zero-order chi connectivity index (χ0) is 10.6. The van der Waals surface area contributed by atoms with Crippen LogP contribution in [-0.4, -0.2) is 17.8 Å². The van der Waals surface area contributed by atoms with Crippen molar-refractivity contribution in [2.75, 3.05) is 6.54 Å². The number of nitrogens with two attached hydrogens (primary N) is 1. The summed E-state index contributed by atoms with van der Waals surface area (Å²) >= 11 is 0. The average molecular weight is 199 g/mol. The molecule has 0 radical (unpaired) electrons. The molecule has 1 fully saturated rings. The maximum atomic E-state index is 10.1. The van der Waals surface area contributed by atoms with Gasteiger partial charge in [-0.1, -0.05) is 39.5 Å². The van der Waals surface area contributed by atoms with Gasteiger partial charge in [-0.3, -0.25) is 0 Å². The Hall–Kier alpha value is -0.0800. The fraction of sp³-hybridized carbons (Fsp3) is 1.00. The molecule has 2 atom stereocenters. The van der Waals surface area contributed by atoms with Crippen LogP contribution in [0.15, 0.2) is 0 Å². The maximum absolute atomic E-state index is 10.1. The predicted octanol–water partition coefficient (Wildman–Crippen LogP) is 2.16. The predicted molar refractivity (Wildman–Crippen MR) is 60.0 cm³/mol. The fourth-order valence-corrected chi connectivity index (χ4v) is 2.64. The highest BCUT2D eigenvalue weighted by molar-refractivity contribution is 4.78. The molecule has 2 heteroatoms. The summed E-state index contributed by atoms with van der Waals surface area (Å²) in [5.41, 5.74) is 5.69. The number of rotatable bonds is 5. The van der Waals surface area contributed by atoms with Crippen molar-refractivity contribution in [2.45, 2.75) is 52.1 Å². The molecule has 0 aromatic rings. The van der Waals surface area contributed by atoms with E-state index < -0.39 is 0 Å². The second-order valence-corrected chi connectivity index (χ2v) is 5.10. The Morgan fingerprint density at radius 2 is 1.86 bits per heavy atom. The monoisotopic (exact) mass is 199 g/mol. The molecule has 14 heavy (non-hydrogen) atoms. The lowest BCUT2D eigenvalue weighted by Gasteiger charge is -2.26. The number of aliphatic hydroxyl groups is 1. The summed E-state index contributed by atoms with van der Waals surface area (Å²) in [7, 11) is 0. The quantitative estimate of drug-likeness (QED) is 0.712. The molecule has 1 aliphatic carbocycles. The molecule has 0 saturated heterocycles. The summed E-state index contributed by atoms with van der Waals surface area (Å²) in [5.74, 6) is 1.55. The minimum Gasteiger partial charge on any atom is -0.393 e. The van der Waals surface area contributed by atoms with Crippen molar-refractivity contribution < 1.29 is 5.11 Å². The van der Waals surface area contributed by atoms with Gasteiger partial charge in [0.2, 0.25) is 0 Å². The largest absolute Gasteiger partial charge is 0.393 e. The van der Waals surface area contributed by atoms with Gasteiger partial charge in [-0.15, -0.1) is 0 Å². The molecule has 0 bridgehead atoms. The lowest BCUT2D eigenvalue weighted by molar-refractivity contribution is 0.0637. The van der Waals surface area contributed by atoms with Crippen molar-refractivity contribution in [3.05, 3.63) is 0 Å². The van der Waals surface area contributed by atoms with Crippen molar-refractivity contribution in [3.63, 3.8) is 0 Å². The first-order chi connectivity index (χ1) is 6.65. The van der Waals surface area contributed by atoms with Crippen molar-refractivity contribution >= 4 is 0 Å². The van der Waals surface area contributed by atoms with Crippen LogP contribution in [0.4, 0.5) is 0 Å². The highest BCUT2D eigenvalue weighted by Crippen LogP contribution is 2.31. The number of hydrogen-bond acceptors (Lipinski definition) is 2. The molecule has 0 amide bonds. The van der Waals surface area contributed by atoms with E-state index in [9.17, 15) is 5.11 Å². The SMILES string of the molecule is CC(C)C(CN)C(O)CC1CCCC1. The molecule has 0 heterocycles. The smallest absolute Gasteiger partial charge is 0.0585 e. The highest BCUT2D eigenvalue weighted by Gasteiger charge is 2.25. The summed E-state index contributed by atoms with van der Waals surface area (Å²) in [6.07, 6.45) is 6.13. The topological polar surface area (TPSA) is 46.2 Å². The Morgan fingerprint density at radius 3 is 2.29 bits per heavy atom. The Balaban J connectivity index is 2.34. The van der Waals surface area contributed by atoms with E-state index in [1.807, 2.05) is 0 Å². The van der Waals surface area contributed by atoms with Gasteiger partial charge in [-0.05, 0) is 30.7 Å². The van der Waals surface area contributed by atoms with Crippen LogP contribution in [0.1, 0.15) is 46.0 Å². The first-order valence-corrected chi connectivity index (χ1v) is 6.03. The Labute approximate surface area is 87.9 Å². The first-order valence-electron chi connectivity index (χ1n) is 6.03. The van der Waals surface area contributed by atoms with Gasteiger partial charge >= 0.3 is 0 Å². The molecule has 1 rings (SSSR count). The van der Waals surface area contributed by atoms with E-state index in [4.69, 9.17) is 5.73 Å². The van der Waals surface area contributed by atoms with E-state index in [1.165, 1.54) is 25.7 Å². The second-order valence-electron chi connectivity index (χ2n) is 5.10. The third-order valence-corrected chi connectivity index (χ3v) is 3.67. The zero-order valence-corrected chi connectivity index (χ0v) is 9.58. The van der Waals surface area contributed by atoms with Crippen LogP contribution >= 0.6 is 0 Å². The third-order valence-electron chi connectivity index (χ3n) is 3.67. The summed E-state index contributed by atoms with van der Waals surface area (Å²) in [4.78, 5) is 0. The normalized spacial score (nSPS) is 22.9. The lowest BCUT2D eigenvalue weighted by atomic mass is 9.85. The molecule has 0 aromatic carbocycles. The van der Waals surface area contributed by atoms with E-state index >= 15 is 0 Å². The van der Waals surface area contributed by atoms with Crippen LogP contribution in [0.3, 0.4) is 0 Å². The summed E-state index contributed by atoms with van der Waals surface area (Å²) < 4.78 is 0. The highest BCUT2D eigenvalue weighted by atomic mass is 16.3. The van der Waals surface area contributed by atoms with E-state index in [-0.39, 0.29) is 12.0 Å². The van der Waals surface area contributed by atoms with Crippen LogP contribution < -0.4 is 5.73 Å². The molecule has 2 nitrogen and oxygen atoms in total. The van der Waals surface area contributed by atoms with Crippen LogP contribution in [0.5, 0.6) is 0 Å². The molecule has 3 N–H and O–H groups in total. The van der Waals surface area contributed by atoms with E-state index in [1.54, 1.807) is 0 Å². The fourth-order valence-electron chi connectivity index (χ4n) is 2.64. The Morgan fingerprint density at radius 1 is 1.29 bits per heavy atom. The van der Waals surface area contributed by atoms with Crippen molar-refractivity contribution in [1.82, 2.24) is 0 Å². The van der Waals surface area contributed by atoms with E-state index in [0.29, 0.717) is 12.5 Å². The van der Waals surface area contributed by atoms with Gasteiger partial charge in [0.25, 0.3) is 0 Å². The molecule has 0 aliphatic heterocycles. The van der Waals surface area contributed by atoms with Crippen LogP contribution in [0.2, 0.25) is 0 Å². The molecular weight excluding hydrogens is 174 g/mol. The van der Waals surface area contributed by atoms with Crippen molar-refractivity contribution in [2.24, 2.45) is 23.5 Å². The van der Waals surface area contributed by atoms with Crippen molar-refractivity contribution in [3.8, 4) is 0 Å². The summed E-state index contributed by atoms with van der Waals surface area (Å²) in [6, 6.07) is 0. The first kappa shape index (κ1) is 12.0.